The Hall–Kier alpha value is -1.87. The van der Waals surface area contributed by atoms with Gasteiger partial charge in [-0.05, 0) is 58.5 Å². The summed E-state index contributed by atoms with van der Waals surface area (Å²) in [6.45, 7) is 9.47. The van der Waals surface area contributed by atoms with Crippen LogP contribution in [0.3, 0.4) is 0 Å². The van der Waals surface area contributed by atoms with E-state index in [0.717, 1.165) is 6.42 Å². The molecule has 1 radical (unpaired) electrons. The van der Waals surface area contributed by atoms with Crippen LogP contribution in [0.1, 0.15) is 20.3 Å². The second kappa shape index (κ2) is 7.03. The molecule has 3 aliphatic carbocycles. The van der Waals surface area contributed by atoms with Gasteiger partial charge < -0.3 is 9.80 Å². The Morgan fingerprint density at radius 2 is 1.81 bits per heavy atom. The third kappa shape index (κ3) is 3.03. The van der Waals surface area contributed by atoms with Crippen molar-refractivity contribution in [1.29, 1.82) is 0 Å². The third-order valence-corrected chi connectivity index (χ3v) is 7.21. The predicted molar refractivity (Wildman–Crippen MR) is 115 cm³/mol. The summed E-state index contributed by atoms with van der Waals surface area (Å²) in [7, 11) is 8.05. The number of likely N-dealkylation sites (N-methyl/N-ethyl adjacent to an activating group) is 1. The normalized spacial score (nSPS) is 22.2. The number of fused-ring (bicyclic) bond motifs is 1. The average Bonchev–Trinajstić information content (AvgIpc) is 3.13. The molecule has 3 heteroatoms. The number of allylic oxidation sites excluding steroid dienone is 11. The molecule has 1 atom stereocenters. The van der Waals surface area contributed by atoms with Gasteiger partial charge in [0.15, 0.2) is 0 Å². The smallest absolute Gasteiger partial charge is 0.0603 e. The lowest BCUT2D eigenvalue weighted by atomic mass is 9.87. The van der Waals surface area contributed by atoms with Crippen LogP contribution >= 0.6 is 0 Å². The minimum Gasteiger partial charge on any atom is -0.376 e. The van der Waals surface area contributed by atoms with Crippen LogP contribution in [-0.2, 0) is 0 Å². The van der Waals surface area contributed by atoms with E-state index in [0.29, 0.717) is 5.92 Å². The monoisotopic (exact) mass is 363 g/mol. The SMILES string of the molecule is CC1=[C]C2=CC(N(C)C)=C(N(C)C)C(=[Si](C)C)C(C)C2=C1C1=CC=CC1. The van der Waals surface area contributed by atoms with E-state index in [1.54, 1.807) is 5.17 Å². The van der Waals surface area contributed by atoms with Gasteiger partial charge in [-0.15, -0.1) is 0 Å². The maximum absolute atomic E-state index is 3.71. The Morgan fingerprint density at radius 1 is 1.12 bits per heavy atom. The van der Waals surface area contributed by atoms with E-state index in [9.17, 15) is 0 Å². The molecule has 3 aliphatic rings. The van der Waals surface area contributed by atoms with Gasteiger partial charge in [0.2, 0.25) is 0 Å². The van der Waals surface area contributed by atoms with Gasteiger partial charge >= 0.3 is 0 Å². The number of nitrogens with zero attached hydrogens (tertiary/aromatic N) is 2. The van der Waals surface area contributed by atoms with Crippen molar-refractivity contribution < 1.29 is 0 Å². The van der Waals surface area contributed by atoms with Gasteiger partial charge in [0.25, 0.3) is 0 Å². The van der Waals surface area contributed by atoms with E-state index < -0.39 is 8.41 Å². The van der Waals surface area contributed by atoms with Crippen molar-refractivity contribution in [3.05, 3.63) is 69.6 Å². The van der Waals surface area contributed by atoms with Gasteiger partial charge in [-0.1, -0.05) is 38.2 Å². The van der Waals surface area contributed by atoms with Crippen molar-refractivity contribution in [1.82, 2.24) is 9.80 Å². The predicted octanol–water partition coefficient (Wildman–Crippen LogP) is 4.35. The van der Waals surface area contributed by atoms with Gasteiger partial charge in [-0.3, -0.25) is 0 Å². The molecule has 0 saturated carbocycles. The molecule has 0 aromatic carbocycles. The first-order valence-corrected chi connectivity index (χ1v) is 11.9. The summed E-state index contributed by atoms with van der Waals surface area (Å²) in [5.74, 6) is 0.418. The van der Waals surface area contributed by atoms with Crippen LogP contribution in [0.15, 0.2) is 63.6 Å². The third-order valence-electron chi connectivity index (χ3n) is 5.46. The summed E-state index contributed by atoms with van der Waals surface area (Å²) in [4.78, 5) is 4.57. The summed E-state index contributed by atoms with van der Waals surface area (Å²) >= 11 is 0. The molecule has 0 spiro atoms. The van der Waals surface area contributed by atoms with Gasteiger partial charge in [0, 0.05) is 42.5 Å². The van der Waals surface area contributed by atoms with Gasteiger partial charge in [0.1, 0.15) is 0 Å². The molecule has 0 bridgehead atoms. The molecule has 0 aliphatic heterocycles. The molecular weight excluding hydrogens is 332 g/mol. The highest BCUT2D eigenvalue weighted by atomic mass is 28.2. The molecular formula is C23H31N2Si. The second-order valence-corrected chi connectivity index (χ2v) is 10.6. The summed E-state index contributed by atoms with van der Waals surface area (Å²) in [6.07, 6.45) is 13.8. The van der Waals surface area contributed by atoms with Crippen LogP contribution in [0, 0.1) is 12.0 Å². The van der Waals surface area contributed by atoms with E-state index >= 15 is 0 Å². The zero-order chi connectivity index (χ0) is 19.2. The van der Waals surface area contributed by atoms with E-state index in [1.807, 2.05) is 0 Å². The quantitative estimate of drug-likeness (QED) is 0.688. The average molecular weight is 364 g/mol. The zero-order valence-electron chi connectivity index (χ0n) is 17.5. The van der Waals surface area contributed by atoms with Crippen molar-refractivity contribution in [2.75, 3.05) is 28.2 Å². The van der Waals surface area contributed by atoms with Crippen molar-refractivity contribution in [2.45, 2.75) is 33.4 Å². The highest BCUT2D eigenvalue weighted by Crippen LogP contribution is 2.44. The molecule has 0 heterocycles. The molecule has 2 nitrogen and oxygen atoms in total. The first kappa shape index (κ1) is 18.9. The molecule has 0 aromatic rings. The maximum atomic E-state index is 3.71. The topological polar surface area (TPSA) is 6.48 Å². The van der Waals surface area contributed by atoms with Crippen LogP contribution in [0.4, 0.5) is 0 Å². The fraction of sp³-hybridized carbons (Fsp3) is 0.435. The number of hydrogen-bond donors (Lipinski definition) is 0. The molecule has 0 N–H and O–H groups in total. The standard InChI is InChI=1S/C23H31N2Si/c1-15-13-18-14-19(24(3)4)22(25(5)6)23(26(7)8)16(2)21(18)20(15)17-11-9-10-12-17/h9-11,14,16H,12H2,1-8H3. The molecule has 3 rings (SSSR count). The first-order valence-electron chi connectivity index (χ1n) is 9.44. The minimum atomic E-state index is -0.615. The van der Waals surface area contributed by atoms with Crippen LogP contribution in [-0.4, -0.2) is 51.6 Å². The van der Waals surface area contributed by atoms with Crippen molar-refractivity contribution in [3.8, 4) is 0 Å². The Morgan fingerprint density at radius 3 is 2.31 bits per heavy atom. The Balaban J connectivity index is 2.33. The number of hydrogen-bond acceptors (Lipinski definition) is 2. The van der Waals surface area contributed by atoms with Gasteiger partial charge in [0.05, 0.1) is 11.4 Å². The Bertz CT molecular complexity index is 851. The fourth-order valence-corrected chi connectivity index (χ4v) is 6.29. The molecule has 0 fully saturated rings. The van der Waals surface area contributed by atoms with E-state index in [-0.39, 0.29) is 0 Å². The second-order valence-electron chi connectivity index (χ2n) is 8.08. The van der Waals surface area contributed by atoms with Crippen molar-refractivity contribution in [2.24, 2.45) is 5.92 Å². The van der Waals surface area contributed by atoms with Gasteiger partial charge in [-0.2, -0.15) is 0 Å². The molecule has 26 heavy (non-hydrogen) atoms. The van der Waals surface area contributed by atoms with Crippen LogP contribution in [0.5, 0.6) is 0 Å². The fourth-order valence-electron chi connectivity index (χ4n) is 4.45. The van der Waals surface area contributed by atoms with E-state index in [2.05, 4.69) is 95.3 Å². The van der Waals surface area contributed by atoms with E-state index in [1.165, 1.54) is 39.3 Å². The highest BCUT2D eigenvalue weighted by molar-refractivity contribution is 6.72. The van der Waals surface area contributed by atoms with Crippen LogP contribution in [0.2, 0.25) is 13.1 Å². The zero-order valence-corrected chi connectivity index (χ0v) is 18.5. The minimum absolute atomic E-state index is 0.418. The molecule has 137 valence electrons. The van der Waals surface area contributed by atoms with E-state index in [4.69, 9.17) is 0 Å². The largest absolute Gasteiger partial charge is 0.376 e. The van der Waals surface area contributed by atoms with Crippen LogP contribution in [0.25, 0.3) is 0 Å². The molecule has 0 saturated heterocycles. The lowest BCUT2D eigenvalue weighted by Crippen LogP contribution is -2.32. The summed E-state index contributed by atoms with van der Waals surface area (Å²) in [5.41, 5.74) is 9.63. The first-order chi connectivity index (χ1) is 12.2. The van der Waals surface area contributed by atoms with Crippen molar-refractivity contribution >= 4 is 13.6 Å². The maximum Gasteiger partial charge on any atom is 0.0603 e. The van der Waals surface area contributed by atoms with Crippen molar-refractivity contribution in [3.63, 3.8) is 0 Å². The molecule has 0 aromatic heterocycles. The van der Waals surface area contributed by atoms with Crippen LogP contribution < -0.4 is 0 Å². The lowest BCUT2D eigenvalue weighted by Gasteiger charge is -2.30. The Kier molecular flexibility index (Phi) is 5.11. The summed E-state index contributed by atoms with van der Waals surface area (Å²) < 4.78 is 0. The van der Waals surface area contributed by atoms with Gasteiger partial charge in [-0.25, -0.2) is 0 Å². The lowest BCUT2D eigenvalue weighted by molar-refractivity contribution is 0.470. The molecule has 1 unspecified atom stereocenters. The Labute approximate surface area is 160 Å². The molecule has 0 amide bonds. The number of rotatable bonds is 3. The highest BCUT2D eigenvalue weighted by Gasteiger charge is 2.33. The summed E-state index contributed by atoms with van der Waals surface area (Å²) in [6, 6.07) is 0. The summed E-state index contributed by atoms with van der Waals surface area (Å²) in [5, 5.41) is 1.62.